The van der Waals surface area contributed by atoms with Crippen molar-refractivity contribution in [1.82, 2.24) is 5.32 Å². The van der Waals surface area contributed by atoms with Crippen LogP contribution < -0.4 is 10.1 Å². The number of rotatable bonds is 4. The molecule has 0 bridgehead atoms. The van der Waals surface area contributed by atoms with Crippen molar-refractivity contribution in [2.45, 2.75) is 32.7 Å². The Kier molecular flexibility index (Phi) is 4.14. The molecule has 0 saturated carbocycles. The standard InChI is InChI=1S/C19H21NO2/c1-13-9-14(2)11-16(10-13)22-12-19(21)20-18-8-7-15-5-3-4-6-17(15)18/h3-6,9-11,18H,7-8,12H2,1-2H3,(H,20,21). The number of amides is 1. The number of fused-ring (bicyclic) bond motifs is 1. The van der Waals surface area contributed by atoms with E-state index >= 15 is 0 Å². The zero-order chi connectivity index (χ0) is 15.5. The first-order valence-corrected chi connectivity index (χ1v) is 7.70. The fourth-order valence-corrected chi connectivity index (χ4v) is 3.11. The van der Waals surface area contributed by atoms with Gasteiger partial charge in [0.05, 0.1) is 6.04 Å². The first-order valence-electron chi connectivity index (χ1n) is 7.70. The van der Waals surface area contributed by atoms with Crippen LogP contribution in [0.2, 0.25) is 0 Å². The van der Waals surface area contributed by atoms with Crippen LogP contribution in [0.3, 0.4) is 0 Å². The smallest absolute Gasteiger partial charge is 0.258 e. The molecule has 22 heavy (non-hydrogen) atoms. The number of benzene rings is 2. The van der Waals surface area contributed by atoms with Crippen molar-refractivity contribution < 1.29 is 9.53 Å². The third-order valence-electron chi connectivity index (χ3n) is 4.03. The highest BCUT2D eigenvalue weighted by atomic mass is 16.5. The van der Waals surface area contributed by atoms with Crippen LogP contribution in [0.15, 0.2) is 42.5 Å². The van der Waals surface area contributed by atoms with E-state index in [9.17, 15) is 4.79 Å². The highest BCUT2D eigenvalue weighted by molar-refractivity contribution is 5.78. The Hall–Kier alpha value is -2.29. The normalized spacial score (nSPS) is 16.2. The number of aryl methyl sites for hydroxylation is 3. The fourth-order valence-electron chi connectivity index (χ4n) is 3.11. The van der Waals surface area contributed by atoms with E-state index in [1.165, 1.54) is 11.1 Å². The van der Waals surface area contributed by atoms with Crippen molar-refractivity contribution in [2.75, 3.05) is 6.61 Å². The first-order chi connectivity index (χ1) is 10.6. The van der Waals surface area contributed by atoms with Crippen LogP contribution in [0.25, 0.3) is 0 Å². The molecular weight excluding hydrogens is 274 g/mol. The van der Waals surface area contributed by atoms with E-state index in [-0.39, 0.29) is 18.6 Å². The van der Waals surface area contributed by atoms with Gasteiger partial charge in [0.15, 0.2) is 6.61 Å². The molecule has 1 N–H and O–H groups in total. The molecule has 0 spiro atoms. The molecule has 0 saturated heterocycles. The van der Waals surface area contributed by atoms with Gasteiger partial charge >= 0.3 is 0 Å². The van der Waals surface area contributed by atoms with Gasteiger partial charge in [-0.2, -0.15) is 0 Å². The Balaban J connectivity index is 1.57. The maximum Gasteiger partial charge on any atom is 0.258 e. The predicted octanol–water partition coefficient (Wildman–Crippen LogP) is 3.49. The molecule has 0 fully saturated rings. The molecule has 3 rings (SSSR count). The Morgan fingerprint density at radius 3 is 2.68 bits per heavy atom. The summed E-state index contributed by atoms with van der Waals surface area (Å²) >= 11 is 0. The molecule has 2 aromatic carbocycles. The highest BCUT2D eigenvalue weighted by Crippen LogP contribution is 2.30. The maximum atomic E-state index is 12.1. The second-order valence-corrected chi connectivity index (χ2v) is 5.97. The molecule has 0 radical (unpaired) electrons. The fraction of sp³-hybridized carbons (Fsp3) is 0.316. The number of carbonyl (C=O) groups excluding carboxylic acids is 1. The lowest BCUT2D eigenvalue weighted by atomic mass is 10.1. The summed E-state index contributed by atoms with van der Waals surface area (Å²) in [5.41, 5.74) is 4.85. The van der Waals surface area contributed by atoms with Gasteiger partial charge < -0.3 is 10.1 Å². The second-order valence-electron chi connectivity index (χ2n) is 5.97. The number of nitrogens with one attached hydrogen (secondary N) is 1. The van der Waals surface area contributed by atoms with Gasteiger partial charge in [0.1, 0.15) is 5.75 Å². The van der Waals surface area contributed by atoms with Crippen LogP contribution in [0.5, 0.6) is 5.75 Å². The Morgan fingerprint density at radius 2 is 1.91 bits per heavy atom. The molecule has 3 nitrogen and oxygen atoms in total. The van der Waals surface area contributed by atoms with Crippen molar-refractivity contribution in [3.05, 3.63) is 64.7 Å². The lowest BCUT2D eigenvalue weighted by Gasteiger charge is -2.15. The molecule has 2 aromatic rings. The van der Waals surface area contributed by atoms with Crippen LogP contribution in [0.4, 0.5) is 0 Å². The first kappa shape index (κ1) is 14.6. The SMILES string of the molecule is Cc1cc(C)cc(OCC(=O)NC2CCc3ccccc32)c1. The maximum absolute atomic E-state index is 12.1. The lowest BCUT2D eigenvalue weighted by Crippen LogP contribution is -2.31. The van der Waals surface area contributed by atoms with Crippen molar-refractivity contribution in [3.8, 4) is 5.75 Å². The molecule has 0 aliphatic heterocycles. The molecule has 0 aromatic heterocycles. The molecule has 1 amide bonds. The van der Waals surface area contributed by atoms with E-state index in [0.717, 1.165) is 29.7 Å². The van der Waals surface area contributed by atoms with Gasteiger partial charge in [0, 0.05) is 0 Å². The lowest BCUT2D eigenvalue weighted by molar-refractivity contribution is -0.123. The summed E-state index contributed by atoms with van der Waals surface area (Å²) in [6, 6.07) is 14.4. The van der Waals surface area contributed by atoms with Gasteiger partial charge in [-0.25, -0.2) is 0 Å². The predicted molar refractivity (Wildman–Crippen MR) is 87.1 cm³/mol. The quantitative estimate of drug-likeness (QED) is 0.937. The third kappa shape index (κ3) is 3.30. The molecule has 1 atom stereocenters. The minimum atomic E-state index is -0.0686. The minimum absolute atomic E-state index is 0.0571. The molecule has 3 heteroatoms. The van der Waals surface area contributed by atoms with Crippen molar-refractivity contribution in [3.63, 3.8) is 0 Å². The Labute approximate surface area is 131 Å². The third-order valence-corrected chi connectivity index (χ3v) is 4.03. The molecular formula is C19H21NO2. The van der Waals surface area contributed by atoms with Crippen LogP contribution >= 0.6 is 0 Å². The van der Waals surface area contributed by atoms with Crippen LogP contribution in [-0.4, -0.2) is 12.5 Å². The zero-order valence-corrected chi connectivity index (χ0v) is 13.1. The van der Waals surface area contributed by atoms with E-state index in [4.69, 9.17) is 4.74 Å². The summed E-state index contributed by atoms with van der Waals surface area (Å²) in [5.74, 6) is 0.681. The molecule has 1 aliphatic rings. The van der Waals surface area contributed by atoms with Crippen LogP contribution in [-0.2, 0) is 11.2 Å². The monoisotopic (exact) mass is 295 g/mol. The number of hydrogen-bond donors (Lipinski definition) is 1. The molecule has 1 aliphatic carbocycles. The molecule has 1 unspecified atom stereocenters. The number of carbonyl (C=O) groups is 1. The average molecular weight is 295 g/mol. The van der Waals surface area contributed by atoms with Crippen LogP contribution in [0.1, 0.15) is 34.7 Å². The van der Waals surface area contributed by atoms with Crippen molar-refractivity contribution >= 4 is 5.91 Å². The van der Waals surface area contributed by atoms with E-state index in [1.807, 2.05) is 38.1 Å². The van der Waals surface area contributed by atoms with Gasteiger partial charge in [-0.15, -0.1) is 0 Å². The Bertz CT molecular complexity index is 673. The van der Waals surface area contributed by atoms with E-state index in [2.05, 4.69) is 23.5 Å². The number of hydrogen-bond acceptors (Lipinski definition) is 2. The molecule has 0 heterocycles. The zero-order valence-electron chi connectivity index (χ0n) is 13.1. The van der Waals surface area contributed by atoms with Gasteiger partial charge in [-0.3, -0.25) is 4.79 Å². The topological polar surface area (TPSA) is 38.3 Å². The van der Waals surface area contributed by atoms with E-state index < -0.39 is 0 Å². The van der Waals surface area contributed by atoms with E-state index in [1.54, 1.807) is 0 Å². The largest absolute Gasteiger partial charge is 0.484 e. The summed E-state index contributed by atoms with van der Waals surface area (Å²) in [4.78, 5) is 12.1. The highest BCUT2D eigenvalue weighted by Gasteiger charge is 2.23. The minimum Gasteiger partial charge on any atom is -0.484 e. The summed E-state index contributed by atoms with van der Waals surface area (Å²) in [6.45, 7) is 4.10. The van der Waals surface area contributed by atoms with Gasteiger partial charge in [0.25, 0.3) is 5.91 Å². The van der Waals surface area contributed by atoms with E-state index in [0.29, 0.717) is 0 Å². The summed E-state index contributed by atoms with van der Waals surface area (Å²) in [5, 5.41) is 3.07. The molecule has 114 valence electrons. The average Bonchev–Trinajstić information content (AvgIpc) is 2.88. The summed E-state index contributed by atoms with van der Waals surface area (Å²) < 4.78 is 5.62. The summed E-state index contributed by atoms with van der Waals surface area (Å²) in [7, 11) is 0. The summed E-state index contributed by atoms with van der Waals surface area (Å²) in [6.07, 6.45) is 1.99. The van der Waals surface area contributed by atoms with Gasteiger partial charge in [0.2, 0.25) is 0 Å². The van der Waals surface area contributed by atoms with Crippen molar-refractivity contribution in [2.24, 2.45) is 0 Å². The van der Waals surface area contributed by atoms with Crippen molar-refractivity contribution in [1.29, 1.82) is 0 Å². The Morgan fingerprint density at radius 1 is 1.18 bits per heavy atom. The van der Waals surface area contributed by atoms with Gasteiger partial charge in [-0.1, -0.05) is 30.3 Å². The number of ether oxygens (including phenoxy) is 1. The second kappa shape index (κ2) is 6.22. The van der Waals surface area contributed by atoms with Gasteiger partial charge in [-0.05, 0) is 61.1 Å². The van der Waals surface area contributed by atoms with Crippen LogP contribution in [0, 0.1) is 13.8 Å².